The van der Waals surface area contributed by atoms with E-state index >= 15 is 0 Å². The molecule has 1 aliphatic carbocycles. The van der Waals surface area contributed by atoms with Crippen molar-refractivity contribution in [3.05, 3.63) is 26.3 Å². The van der Waals surface area contributed by atoms with Gasteiger partial charge in [0.2, 0.25) is 0 Å². The topological polar surface area (TPSA) is 68.1 Å². The lowest BCUT2D eigenvalue weighted by atomic mass is 10.2. The van der Waals surface area contributed by atoms with Crippen molar-refractivity contribution >= 4 is 27.4 Å². The summed E-state index contributed by atoms with van der Waals surface area (Å²) < 4.78 is 0.681. The molecule has 0 amide bonds. The van der Waals surface area contributed by atoms with Gasteiger partial charge < -0.3 is 5.32 Å². The first-order valence-corrected chi connectivity index (χ1v) is 6.33. The van der Waals surface area contributed by atoms with Crippen LogP contribution in [0.4, 0.5) is 11.5 Å². The molecule has 6 heteroatoms. The molecule has 92 valence electrons. The Labute approximate surface area is 108 Å². The summed E-state index contributed by atoms with van der Waals surface area (Å²) in [7, 11) is 0. The monoisotopic (exact) mass is 299 g/mol. The quantitative estimate of drug-likeness (QED) is 0.685. The highest BCUT2D eigenvalue weighted by Gasteiger charge is 2.32. The third kappa shape index (κ3) is 2.57. The van der Waals surface area contributed by atoms with Gasteiger partial charge in [0.15, 0.2) is 0 Å². The lowest BCUT2D eigenvalue weighted by molar-refractivity contribution is -0.385. The average molecular weight is 300 g/mol. The normalized spacial score (nSPS) is 22.3. The molecule has 2 atom stereocenters. The molecule has 1 fully saturated rings. The van der Waals surface area contributed by atoms with Gasteiger partial charge in [0, 0.05) is 12.1 Å². The molecule has 0 aromatic carbocycles. The van der Waals surface area contributed by atoms with Crippen LogP contribution < -0.4 is 5.32 Å². The molecule has 0 bridgehead atoms. The van der Waals surface area contributed by atoms with Gasteiger partial charge in [-0.15, -0.1) is 0 Å². The molecule has 0 aliphatic heterocycles. The van der Waals surface area contributed by atoms with Crippen LogP contribution in [0, 0.1) is 28.9 Å². The van der Waals surface area contributed by atoms with Gasteiger partial charge in [0.05, 0.1) is 9.40 Å². The predicted molar refractivity (Wildman–Crippen MR) is 69.1 cm³/mol. The van der Waals surface area contributed by atoms with Crippen molar-refractivity contribution in [1.82, 2.24) is 4.98 Å². The highest BCUT2D eigenvalue weighted by molar-refractivity contribution is 9.10. The van der Waals surface area contributed by atoms with E-state index in [0.29, 0.717) is 21.8 Å². The van der Waals surface area contributed by atoms with E-state index in [1.165, 1.54) is 12.6 Å². The van der Waals surface area contributed by atoms with E-state index in [9.17, 15) is 10.1 Å². The van der Waals surface area contributed by atoms with Crippen LogP contribution in [-0.2, 0) is 0 Å². The van der Waals surface area contributed by atoms with E-state index in [0.717, 1.165) is 12.5 Å². The number of hydrogen-bond donors (Lipinski definition) is 1. The second-order valence-electron chi connectivity index (χ2n) is 4.54. The molecule has 1 heterocycles. The maximum absolute atomic E-state index is 10.7. The van der Waals surface area contributed by atoms with Crippen LogP contribution in [0.1, 0.15) is 18.9 Å². The van der Waals surface area contributed by atoms with E-state index < -0.39 is 4.92 Å². The number of pyridine rings is 1. The summed E-state index contributed by atoms with van der Waals surface area (Å²) in [5.41, 5.74) is 0.651. The van der Waals surface area contributed by atoms with Gasteiger partial charge in [-0.3, -0.25) is 10.1 Å². The van der Waals surface area contributed by atoms with Crippen molar-refractivity contribution < 1.29 is 4.92 Å². The van der Waals surface area contributed by atoms with Crippen molar-refractivity contribution in [2.24, 2.45) is 11.8 Å². The first-order valence-electron chi connectivity index (χ1n) is 5.54. The SMILES string of the molecule is Cc1c([N+](=O)[O-])cnc(NCC2CC2C)c1Br. The van der Waals surface area contributed by atoms with Crippen LogP contribution in [0.2, 0.25) is 0 Å². The van der Waals surface area contributed by atoms with Gasteiger partial charge in [-0.2, -0.15) is 0 Å². The summed E-state index contributed by atoms with van der Waals surface area (Å²) in [6, 6.07) is 0. The van der Waals surface area contributed by atoms with Crippen LogP contribution >= 0.6 is 15.9 Å². The number of nitrogens with zero attached hydrogens (tertiary/aromatic N) is 2. The Morgan fingerprint density at radius 2 is 2.35 bits per heavy atom. The van der Waals surface area contributed by atoms with Crippen molar-refractivity contribution in [3.8, 4) is 0 Å². The van der Waals surface area contributed by atoms with Crippen LogP contribution in [-0.4, -0.2) is 16.5 Å². The van der Waals surface area contributed by atoms with Crippen LogP contribution in [0.25, 0.3) is 0 Å². The lowest BCUT2D eigenvalue weighted by Gasteiger charge is -2.08. The number of rotatable bonds is 4. The number of halogens is 1. The fourth-order valence-electron chi connectivity index (χ4n) is 1.79. The van der Waals surface area contributed by atoms with Gasteiger partial charge >= 0.3 is 0 Å². The Kier molecular flexibility index (Phi) is 3.33. The van der Waals surface area contributed by atoms with E-state index in [2.05, 4.69) is 33.2 Å². The van der Waals surface area contributed by atoms with Crippen LogP contribution in [0.3, 0.4) is 0 Å². The maximum Gasteiger partial charge on any atom is 0.291 e. The van der Waals surface area contributed by atoms with Gasteiger partial charge in [0.25, 0.3) is 5.69 Å². The van der Waals surface area contributed by atoms with Crippen LogP contribution in [0.5, 0.6) is 0 Å². The molecule has 1 aromatic rings. The molecule has 1 aromatic heterocycles. The molecular weight excluding hydrogens is 286 g/mol. The Morgan fingerprint density at radius 1 is 1.71 bits per heavy atom. The minimum atomic E-state index is -0.417. The van der Waals surface area contributed by atoms with E-state index in [1.54, 1.807) is 6.92 Å². The molecule has 1 aliphatic rings. The largest absolute Gasteiger partial charge is 0.369 e. The van der Waals surface area contributed by atoms with Crippen molar-refractivity contribution in [3.63, 3.8) is 0 Å². The van der Waals surface area contributed by atoms with Gasteiger partial charge in [-0.25, -0.2) is 4.98 Å². The van der Waals surface area contributed by atoms with Gasteiger partial charge in [-0.1, -0.05) is 6.92 Å². The second kappa shape index (κ2) is 4.60. The summed E-state index contributed by atoms with van der Waals surface area (Å²) in [6.45, 7) is 4.81. The Balaban J connectivity index is 2.13. The molecule has 0 saturated heterocycles. The standard InChI is InChI=1S/C11H14BrN3O2/c1-6-3-8(6)4-13-11-10(12)7(2)9(5-14-11)15(16)17/h5-6,8H,3-4H2,1-2H3,(H,13,14). The highest BCUT2D eigenvalue weighted by atomic mass is 79.9. The minimum absolute atomic E-state index is 0.0437. The van der Waals surface area contributed by atoms with E-state index in [4.69, 9.17) is 0 Å². The zero-order chi connectivity index (χ0) is 12.6. The third-order valence-corrected chi connectivity index (χ3v) is 4.21. The summed E-state index contributed by atoms with van der Waals surface area (Å²) >= 11 is 3.36. The van der Waals surface area contributed by atoms with Crippen molar-refractivity contribution in [2.45, 2.75) is 20.3 Å². The van der Waals surface area contributed by atoms with E-state index in [1.807, 2.05) is 0 Å². The smallest absolute Gasteiger partial charge is 0.291 e. The molecule has 5 nitrogen and oxygen atoms in total. The molecule has 1 saturated carbocycles. The second-order valence-corrected chi connectivity index (χ2v) is 5.34. The first kappa shape index (κ1) is 12.3. The zero-order valence-corrected chi connectivity index (χ0v) is 11.3. The molecular formula is C11H14BrN3O2. The van der Waals surface area contributed by atoms with Crippen molar-refractivity contribution in [2.75, 3.05) is 11.9 Å². The zero-order valence-electron chi connectivity index (χ0n) is 9.74. The number of nitro groups is 1. The molecule has 2 unspecified atom stereocenters. The Bertz CT molecular complexity index is 464. The maximum atomic E-state index is 10.7. The van der Waals surface area contributed by atoms with Crippen molar-refractivity contribution in [1.29, 1.82) is 0 Å². The van der Waals surface area contributed by atoms with Gasteiger partial charge in [-0.05, 0) is 41.1 Å². The van der Waals surface area contributed by atoms with Crippen LogP contribution in [0.15, 0.2) is 10.7 Å². The Morgan fingerprint density at radius 3 is 2.88 bits per heavy atom. The fraction of sp³-hybridized carbons (Fsp3) is 0.545. The summed E-state index contributed by atoms with van der Waals surface area (Å²) in [5, 5.41) is 14.0. The van der Waals surface area contributed by atoms with Gasteiger partial charge in [0.1, 0.15) is 12.0 Å². The number of aromatic nitrogens is 1. The first-order chi connectivity index (χ1) is 8.00. The fourth-order valence-corrected chi connectivity index (χ4v) is 2.23. The van der Waals surface area contributed by atoms with E-state index in [-0.39, 0.29) is 5.69 Å². The molecule has 17 heavy (non-hydrogen) atoms. The highest BCUT2D eigenvalue weighted by Crippen LogP contribution is 2.38. The summed E-state index contributed by atoms with van der Waals surface area (Å²) in [5.74, 6) is 2.17. The number of nitrogens with one attached hydrogen (secondary N) is 1. The average Bonchev–Trinajstić information content (AvgIpc) is 2.96. The lowest BCUT2D eigenvalue weighted by Crippen LogP contribution is -2.08. The predicted octanol–water partition coefficient (Wildman–Crippen LogP) is 3.13. The number of anilines is 1. The number of hydrogen-bond acceptors (Lipinski definition) is 4. The molecule has 0 spiro atoms. The molecule has 2 rings (SSSR count). The third-order valence-electron chi connectivity index (χ3n) is 3.24. The summed E-state index contributed by atoms with van der Waals surface area (Å²) in [4.78, 5) is 14.4. The minimum Gasteiger partial charge on any atom is -0.369 e. The summed E-state index contributed by atoms with van der Waals surface area (Å²) in [6.07, 6.45) is 2.55. The Hall–Kier alpha value is -1.17. The molecule has 1 N–H and O–H groups in total. The molecule has 0 radical (unpaired) electrons.